The lowest BCUT2D eigenvalue weighted by molar-refractivity contribution is 0.122. The molecular formula is C16H28N4. The van der Waals surface area contributed by atoms with Crippen LogP contribution in [-0.2, 0) is 0 Å². The number of nitrogens with one attached hydrogen (secondary N) is 1. The van der Waals surface area contributed by atoms with E-state index < -0.39 is 0 Å². The van der Waals surface area contributed by atoms with Crippen molar-refractivity contribution < 1.29 is 0 Å². The third kappa shape index (κ3) is 3.76. The van der Waals surface area contributed by atoms with Gasteiger partial charge in [-0.2, -0.15) is 0 Å². The zero-order valence-electron chi connectivity index (χ0n) is 13.3. The summed E-state index contributed by atoms with van der Waals surface area (Å²) in [5, 5.41) is 3.45. The van der Waals surface area contributed by atoms with Crippen LogP contribution in [-0.4, -0.2) is 40.5 Å². The van der Waals surface area contributed by atoms with Gasteiger partial charge < -0.3 is 5.32 Å². The molecule has 1 N–H and O–H groups in total. The zero-order valence-corrected chi connectivity index (χ0v) is 13.3. The number of nitrogens with zero attached hydrogens (tertiary/aromatic N) is 3. The molecule has 0 radical (unpaired) electrons. The Morgan fingerprint density at radius 3 is 2.45 bits per heavy atom. The van der Waals surface area contributed by atoms with Crippen LogP contribution in [0.4, 0.5) is 0 Å². The highest BCUT2D eigenvalue weighted by Gasteiger charge is 2.25. The average molecular weight is 276 g/mol. The molecule has 1 aromatic heterocycles. The summed E-state index contributed by atoms with van der Waals surface area (Å²) in [6.45, 7) is 12.4. The van der Waals surface area contributed by atoms with Gasteiger partial charge in [-0.15, -0.1) is 0 Å². The van der Waals surface area contributed by atoms with Gasteiger partial charge in [0.2, 0.25) is 0 Å². The topological polar surface area (TPSA) is 41.1 Å². The van der Waals surface area contributed by atoms with Crippen molar-refractivity contribution in [1.29, 1.82) is 0 Å². The molecule has 112 valence electrons. The van der Waals surface area contributed by atoms with Gasteiger partial charge in [-0.3, -0.25) is 14.9 Å². The second kappa shape index (κ2) is 7.14. The van der Waals surface area contributed by atoms with E-state index in [1.54, 1.807) is 6.20 Å². The minimum Gasteiger partial charge on any atom is -0.317 e. The first kappa shape index (κ1) is 15.4. The summed E-state index contributed by atoms with van der Waals surface area (Å²) in [5.41, 5.74) is 2.17. The predicted octanol–water partition coefficient (Wildman–Crippen LogP) is 2.56. The van der Waals surface area contributed by atoms with Crippen LogP contribution >= 0.6 is 0 Å². The van der Waals surface area contributed by atoms with E-state index >= 15 is 0 Å². The van der Waals surface area contributed by atoms with E-state index in [9.17, 15) is 0 Å². The van der Waals surface area contributed by atoms with Crippen molar-refractivity contribution in [2.45, 2.75) is 52.6 Å². The molecule has 0 aromatic carbocycles. The second-order valence-electron chi connectivity index (χ2n) is 6.19. The molecule has 1 aliphatic heterocycles. The first-order valence-corrected chi connectivity index (χ1v) is 7.83. The highest BCUT2D eigenvalue weighted by atomic mass is 15.2. The Balaban J connectivity index is 2.09. The molecular weight excluding hydrogens is 248 g/mol. The number of aryl methyl sites for hydroxylation is 1. The first-order valence-electron chi connectivity index (χ1n) is 7.83. The van der Waals surface area contributed by atoms with Crippen LogP contribution in [0.1, 0.15) is 51.0 Å². The maximum Gasteiger partial charge on any atom is 0.0784 e. The Morgan fingerprint density at radius 2 is 1.85 bits per heavy atom. The fourth-order valence-corrected chi connectivity index (χ4v) is 3.16. The van der Waals surface area contributed by atoms with E-state index in [4.69, 9.17) is 0 Å². The largest absolute Gasteiger partial charge is 0.317 e. The van der Waals surface area contributed by atoms with Gasteiger partial charge in [-0.1, -0.05) is 0 Å². The van der Waals surface area contributed by atoms with Gasteiger partial charge in [-0.25, -0.2) is 0 Å². The molecule has 1 fully saturated rings. The lowest BCUT2D eigenvalue weighted by Gasteiger charge is -2.37. The van der Waals surface area contributed by atoms with Crippen LogP contribution in [0, 0.1) is 12.8 Å². The van der Waals surface area contributed by atoms with Crippen LogP contribution in [0.15, 0.2) is 12.4 Å². The fourth-order valence-electron chi connectivity index (χ4n) is 3.16. The summed E-state index contributed by atoms with van der Waals surface area (Å²) in [6, 6.07) is 0.861. The molecule has 0 aliphatic carbocycles. The summed E-state index contributed by atoms with van der Waals surface area (Å²) in [7, 11) is 0. The molecule has 0 bridgehead atoms. The summed E-state index contributed by atoms with van der Waals surface area (Å²) in [4.78, 5) is 11.5. The Labute approximate surface area is 123 Å². The summed E-state index contributed by atoms with van der Waals surface area (Å²) in [6.07, 6.45) is 6.16. The van der Waals surface area contributed by atoms with Gasteiger partial charge in [0.25, 0.3) is 0 Å². The van der Waals surface area contributed by atoms with E-state index in [0.29, 0.717) is 12.1 Å². The third-order valence-corrected chi connectivity index (χ3v) is 4.40. The maximum absolute atomic E-state index is 4.56. The summed E-state index contributed by atoms with van der Waals surface area (Å²) >= 11 is 0. The Bertz CT molecular complexity index is 413. The van der Waals surface area contributed by atoms with Crippen molar-refractivity contribution in [3.05, 3.63) is 23.8 Å². The Kier molecular flexibility index (Phi) is 5.49. The van der Waals surface area contributed by atoms with E-state index in [1.165, 1.54) is 12.8 Å². The SMILES string of the molecule is Cc1nccnc1C(C)N(CC1CCNCC1)C(C)C. The first-order chi connectivity index (χ1) is 9.59. The molecule has 20 heavy (non-hydrogen) atoms. The van der Waals surface area contributed by atoms with E-state index in [2.05, 4.69) is 47.9 Å². The van der Waals surface area contributed by atoms with Crippen molar-refractivity contribution in [1.82, 2.24) is 20.2 Å². The molecule has 2 heterocycles. The molecule has 1 saturated heterocycles. The minimum absolute atomic E-state index is 0.332. The van der Waals surface area contributed by atoms with Crippen LogP contribution < -0.4 is 5.32 Å². The number of piperidine rings is 1. The Hall–Kier alpha value is -1.00. The van der Waals surface area contributed by atoms with Crippen LogP contribution in [0.3, 0.4) is 0 Å². The zero-order chi connectivity index (χ0) is 14.5. The number of rotatable bonds is 5. The molecule has 1 aliphatic rings. The lowest BCUT2D eigenvalue weighted by Crippen LogP contribution is -2.41. The quantitative estimate of drug-likeness (QED) is 0.897. The standard InChI is InChI=1S/C16H28N4/c1-12(2)20(11-15-5-7-17-8-6-15)14(4)16-13(3)18-9-10-19-16/h9-10,12,14-15,17H,5-8,11H2,1-4H3. The number of hydrogen-bond acceptors (Lipinski definition) is 4. The predicted molar refractivity (Wildman–Crippen MR) is 82.6 cm³/mol. The second-order valence-corrected chi connectivity index (χ2v) is 6.19. The molecule has 1 unspecified atom stereocenters. The molecule has 1 atom stereocenters. The van der Waals surface area contributed by atoms with Crippen molar-refractivity contribution in [3.8, 4) is 0 Å². The molecule has 0 amide bonds. The van der Waals surface area contributed by atoms with Crippen LogP contribution in [0.2, 0.25) is 0 Å². The molecule has 0 saturated carbocycles. The lowest BCUT2D eigenvalue weighted by atomic mass is 9.95. The van der Waals surface area contributed by atoms with E-state index in [0.717, 1.165) is 36.9 Å². The molecule has 1 aromatic rings. The monoisotopic (exact) mass is 276 g/mol. The number of aromatic nitrogens is 2. The van der Waals surface area contributed by atoms with Gasteiger partial charge in [0, 0.05) is 25.0 Å². The normalized spacial score (nSPS) is 18.7. The fraction of sp³-hybridized carbons (Fsp3) is 0.750. The van der Waals surface area contributed by atoms with Crippen molar-refractivity contribution in [3.63, 3.8) is 0 Å². The average Bonchev–Trinajstić information content (AvgIpc) is 2.45. The smallest absolute Gasteiger partial charge is 0.0784 e. The van der Waals surface area contributed by atoms with Gasteiger partial charge >= 0.3 is 0 Å². The van der Waals surface area contributed by atoms with Crippen molar-refractivity contribution >= 4 is 0 Å². The van der Waals surface area contributed by atoms with E-state index in [1.807, 2.05) is 6.20 Å². The number of hydrogen-bond donors (Lipinski definition) is 1. The summed E-state index contributed by atoms with van der Waals surface area (Å²) in [5.74, 6) is 0.804. The van der Waals surface area contributed by atoms with Gasteiger partial charge in [0.05, 0.1) is 17.4 Å². The molecule has 2 rings (SSSR count). The van der Waals surface area contributed by atoms with Gasteiger partial charge in [-0.05, 0) is 59.5 Å². The van der Waals surface area contributed by atoms with Gasteiger partial charge in [0.15, 0.2) is 0 Å². The van der Waals surface area contributed by atoms with Crippen molar-refractivity contribution in [2.75, 3.05) is 19.6 Å². The molecule has 4 nitrogen and oxygen atoms in total. The van der Waals surface area contributed by atoms with Gasteiger partial charge in [0.1, 0.15) is 0 Å². The van der Waals surface area contributed by atoms with Crippen molar-refractivity contribution in [2.24, 2.45) is 5.92 Å². The molecule has 4 heteroatoms. The maximum atomic E-state index is 4.56. The minimum atomic E-state index is 0.332. The van der Waals surface area contributed by atoms with Crippen LogP contribution in [0.5, 0.6) is 0 Å². The highest BCUT2D eigenvalue weighted by Crippen LogP contribution is 2.25. The molecule has 0 spiro atoms. The van der Waals surface area contributed by atoms with E-state index in [-0.39, 0.29) is 0 Å². The summed E-state index contributed by atoms with van der Waals surface area (Å²) < 4.78 is 0. The van der Waals surface area contributed by atoms with Crippen LogP contribution in [0.25, 0.3) is 0 Å². The highest BCUT2D eigenvalue weighted by molar-refractivity contribution is 5.13. The Morgan fingerprint density at radius 1 is 1.20 bits per heavy atom. The third-order valence-electron chi connectivity index (χ3n) is 4.40.